The van der Waals surface area contributed by atoms with Crippen molar-refractivity contribution < 1.29 is 9.53 Å². The molecule has 0 bridgehead atoms. The summed E-state index contributed by atoms with van der Waals surface area (Å²) in [7, 11) is 1.65. The van der Waals surface area contributed by atoms with Crippen LogP contribution in [0.2, 0.25) is 0 Å². The van der Waals surface area contributed by atoms with Crippen LogP contribution in [-0.4, -0.2) is 12.9 Å². The summed E-state index contributed by atoms with van der Waals surface area (Å²) in [5, 5.41) is 0. The largest absolute Gasteiger partial charge is 0.497 e. The molecular formula is C15H16O2. The Labute approximate surface area is 102 Å². The van der Waals surface area contributed by atoms with Crippen molar-refractivity contribution in [1.82, 2.24) is 0 Å². The van der Waals surface area contributed by atoms with Crippen LogP contribution in [0.3, 0.4) is 0 Å². The summed E-state index contributed by atoms with van der Waals surface area (Å²) < 4.78 is 5.08. The second-order valence-electron chi connectivity index (χ2n) is 4.17. The lowest BCUT2D eigenvalue weighted by atomic mass is 10.2. The van der Waals surface area contributed by atoms with E-state index in [1.54, 1.807) is 13.2 Å². The Morgan fingerprint density at radius 2 is 1.94 bits per heavy atom. The molecule has 2 heteroatoms. The van der Waals surface area contributed by atoms with E-state index in [-0.39, 0.29) is 5.78 Å². The molecule has 0 N–H and O–H groups in total. The van der Waals surface area contributed by atoms with Gasteiger partial charge < -0.3 is 4.74 Å². The van der Waals surface area contributed by atoms with Gasteiger partial charge in [-0.05, 0) is 36.6 Å². The van der Waals surface area contributed by atoms with Crippen LogP contribution in [0.1, 0.15) is 18.4 Å². The fraction of sp³-hybridized carbons (Fsp3) is 0.267. The molecule has 0 atom stereocenters. The molecule has 17 heavy (non-hydrogen) atoms. The standard InChI is InChI=1S/C15H16O2/c1-17-14-10-6-12(7-11-14)4-2-3-5-15(16)13-8-9-13/h2-7,10-11,13H,8-9H2,1H3/b4-2+,5-3+. The van der Waals surface area contributed by atoms with Crippen molar-refractivity contribution in [3.05, 3.63) is 48.1 Å². The van der Waals surface area contributed by atoms with Gasteiger partial charge in [-0.15, -0.1) is 0 Å². The van der Waals surface area contributed by atoms with Gasteiger partial charge in [0.15, 0.2) is 5.78 Å². The maximum absolute atomic E-state index is 11.4. The minimum Gasteiger partial charge on any atom is -0.497 e. The van der Waals surface area contributed by atoms with Gasteiger partial charge in [0.05, 0.1) is 7.11 Å². The molecular weight excluding hydrogens is 212 g/mol. The Hall–Kier alpha value is -1.83. The maximum Gasteiger partial charge on any atom is 0.158 e. The van der Waals surface area contributed by atoms with Crippen molar-refractivity contribution in [3.8, 4) is 5.75 Å². The molecule has 0 aromatic heterocycles. The number of methoxy groups -OCH3 is 1. The van der Waals surface area contributed by atoms with E-state index in [1.165, 1.54) is 0 Å². The summed E-state index contributed by atoms with van der Waals surface area (Å²) in [4.78, 5) is 11.4. The van der Waals surface area contributed by atoms with Gasteiger partial charge in [0.2, 0.25) is 0 Å². The average molecular weight is 228 g/mol. The van der Waals surface area contributed by atoms with E-state index >= 15 is 0 Å². The molecule has 0 saturated heterocycles. The van der Waals surface area contributed by atoms with E-state index in [1.807, 2.05) is 42.5 Å². The lowest BCUT2D eigenvalue weighted by molar-refractivity contribution is -0.115. The molecule has 1 saturated carbocycles. The molecule has 1 aromatic carbocycles. The Kier molecular flexibility index (Phi) is 3.76. The number of rotatable bonds is 5. The molecule has 0 aliphatic heterocycles. The zero-order chi connectivity index (χ0) is 12.1. The SMILES string of the molecule is COc1ccc(/C=C/C=C/C(=O)C2CC2)cc1. The minimum absolute atomic E-state index is 0.254. The molecule has 0 radical (unpaired) electrons. The summed E-state index contributed by atoms with van der Waals surface area (Å²) in [6.45, 7) is 0. The van der Waals surface area contributed by atoms with Gasteiger partial charge >= 0.3 is 0 Å². The first-order valence-electron chi connectivity index (χ1n) is 5.82. The molecule has 0 heterocycles. The van der Waals surface area contributed by atoms with E-state index in [0.717, 1.165) is 24.2 Å². The number of hydrogen-bond donors (Lipinski definition) is 0. The summed E-state index contributed by atoms with van der Waals surface area (Å²) in [6.07, 6.45) is 9.46. The number of carbonyl (C=O) groups is 1. The van der Waals surface area contributed by atoms with Crippen molar-refractivity contribution in [2.45, 2.75) is 12.8 Å². The van der Waals surface area contributed by atoms with Crippen LogP contribution >= 0.6 is 0 Å². The van der Waals surface area contributed by atoms with Gasteiger partial charge in [0.1, 0.15) is 5.75 Å². The number of ketones is 1. The lowest BCUT2D eigenvalue weighted by Gasteiger charge is -1.98. The van der Waals surface area contributed by atoms with Gasteiger partial charge in [0.25, 0.3) is 0 Å². The summed E-state index contributed by atoms with van der Waals surface area (Å²) in [5.41, 5.74) is 1.09. The Balaban J connectivity index is 1.88. The molecule has 0 spiro atoms. The highest BCUT2D eigenvalue weighted by Gasteiger charge is 2.27. The third kappa shape index (κ3) is 3.59. The van der Waals surface area contributed by atoms with Crippen LogP contribution in [0, 0.1) is 5.92 Å². The van der Waals surface area contributed by atoms with E-state index in [0.29, 0.717) is 5.92 Å². The molecule has 0 amide bonds. The van der Waals surface area contributed by atoms with Crippen molar-refractivity contribution in [2.75, 3.05) is 7.11 Å². The normalized spacial score (nSPS) is 15.6. The highest BCUT2D eigenvalue weighted by molar-refractivity contribution is 5.93. The highest BCUT2D eigenvalue weighted by Crippen LogP contribution is 2.30. The fourth-order valence-corrected chi connectivity index (χ4v) is 1.54. The lowest BCUT2D eigenvalue weighted by Crippen LogP contribution is -1.92. The van der Waals surface area contributed by atoms with Gasteiger partial charge in [0, 0.05) is 5.92 Å². The third-order valence-corrected chi connectivity index (χ3v) is 2.76. The van der Waals surface area contributed by atoms with Gasteiger partial charge in [-0.25, -0.2) is 0 Å². The predicted molar refractivity (Wildman–Crippen MR) is 68.9 cm³/mol. The van der Waals surface area contributed by atoms with E-state index in [2.05, 4.69) is 0 Å². The molecule has 0 unspecified atom stereocenters. The topological polar surface area (TPSA) is 26.3 Å². The molecule has 1 aromatic rings. The molecule has 1 fully saturated rings. The molecule has 1 aliphatic carbocycles. The Bertz CT molecular complexity index is 436. The van der Waals surface area contributed by atoms with E-state index < -0.39 is 0 Å². The number of hydrogen-bond acceptors (Lipinski definition) is 2. The second-order valence-corrected chi connectivity index (χ2v) is 4.17. The minimum atomic E-state index is 0.254. The number of benzene rings is 1. The number of ether oxygens (including phenoxy) is 1. The van der Waals surface area contributed by atoms with Gasteiger partial charge in [-0.3, -0.25) is 4.79 Å². The highest BCUT2D eigenvalue weighted by atomic mass is 16.5. The van der Waals surface area contributed by atoms with Crippen LogP contribution in [0.4, 0.5) is 0 Å². The van der Waals surface area contributed by atoms with Crippen molar-refractivity contribution in [3.63, 3.8) is 0 Å². The van der Waals surface area contributed by atoms with Crippen molar-refractivity contribution in [1.29, 1.82) is 0 Å². The van der Waals surface area contributed by atoms with Gasteiger partial charge in [-0.1, -0.05) is 30.4 Å². The first-order valence-corrected chi connectivity index (χ1v) is 5.82. The van der Waals surface area contributed by atoms with Crippen LogP contribution < -0.4 is 4.74 Å². The summed E-state index contributed by atoms with van der Waals surface area (Å²) in [5.74, 6) is 1.41. The first kappa shape index (κ1) is 11.6. The van der Waals surface area contributed by atoms with Crippen LogP contribution in [0.15, 0.2) is 42.5 Å². The Morgan fingerprint density at radius 1 is 1.24 bits per heavy atom. The van der Waals surface area contributed by atoms with Crippen LogP contribution in [-0.2, 0) is 4.79 Å². The van der Waals surface area contributed by atoms with Crippen LogP contribution in [0.25, 0.3) is 6.08 Å². The predicted octanol–water partition coefficient (Wildman–Crippen LogP) is 3.24. The number of carbonyl (C=O) groups excluding carboxylic acids is 1. The molecule has 1 aliphatic rings. The molecule has 2 nitrogen and oxygen atoms in total. The second kappa shape index (κ2) is 5.48. The first-order chi connectivity index (χ1) is 8.29. The molecule has 2 rings (SSSR count). The zero-order valence-corrected chi connectivity index (χ0v) is 9.93. The Morgan fingerprint density at radius 3 is 2.53 bits per heavy atom. The van der Waals surface area contributed by atoms with Crippen LogP contribution in [0.5, 0.6) is 5.75 Å². The quantitative estimate of drug-likeness (QED) is 0.571. The average Bonchev–Trinajstić information content (AvgIpc) is 3.19. The third-order valence-electron chi connectivity index (χ3n) is 2.76. The van der Waals surface area contributed by atoms with Gasteiger partial charge in [-0.2, -0.15) is 0 Å². The molecule has 88 valence electrons. The zero-order valence-electron chi connectivity index (χ0n) is 9.93. The van der Waals surface area contributed by atoms with Crippen molar-refractivity contribution in [2.24, 2.45) is 5.92 Å². The van der Waals surface area contributed by atoms with E-state index in [4.69, 9.17) is 4.74 Å². The maximum atomic E-state index is 11.4. The summed E-state index contributed by atoms with van der Waals surface area (Å²) >= 11 is 0. The summed E-state index contributed by atoms with van der Waals surface area (Å²) in [6, 6.07) is 7.79. The smallest absolute Gasteiger partial charge is 0.158 e. The van der Waals surface area contributed by atoms with E-state index in [9.17, 15) is 4.79 Å². The monoisotopic (exact) mass is 228 g/mol. The fourth-order valence-electron chi connectivity index (χ4n) is 1.54. The number of allylic oxidation sites excluding steroid dienone is 3. The van der Waals surface area contributed by atoms with Crippen molar-refractivity contribution >= 4 is 11.9 Å².